The second kappa shape index (κ2) is 8.87. The summed E-state index contributed by atoms with van der Waals surface area (Å²) in [7, 11) is 0. The molecule has 3 rings (SSSR count). The van der Waals surface area contributed by atoms with Gasteiger partial charge in [-0.2, -0.15) is 0 Å². The van der Waals surface area contributed by atoms with Crippen LogP contribution in [0.4, 0.5) is 4.39 Å². The number of carbonyl (C=O) groups is 1. The molecule has 1 heterocycles. The number of likely N-dealkylation sites (tertiary alicyclic amines) is 1. The lowest BCUT2D eigenvalue weighted by Crippen LogP contribution is -2.43. The van der Waals surface area contributed by atoms with Crippen molar-refractivity contribution in [2.45, 2.75) is 53.1 Å². The first kappa shape index (κ1) is 20.5. The summed E-state index contributed by atoms with van der Waals surface area (Å²) >= 11 is 0. The fourth-order valence-electron chi connectivity index (χ4n) is 4.12. The van der Waals surface area contributed by atoms with Crippen LogP contribution in [0.1, 0.15) is 53.6 Å². The lowest BCUT2D eigenvalue weighted by atomic mass is 9.94. The summed E-state index contributed by atoms with van der Waals surface area (Å²) in [5.41, 5.74) is 6.03. The minimum atomic E-state index is -0.213. The van der Waals surface area contributed by atoms with Gasteiger partial charge in [0.15, 0.2) is 0 Å². The van der Waals surface area contributed by atoms with Crippen molar-refractivity contribution in [2.24, 2.45) is 5.92 Å². The molecule has 0 radical (unpaired) electrons. The molecule has 28 heavy (non-hydrogen) atoms. The SMILES string of the molecule is Cc1cc(C)c([C@@H](C)NC(=O)[C@@H]2CCCN(Cc3ccc(F)cc3)C2)cc1C. The third-order valence-corrected chi connectivity index (χ3v) is 5.90. The Bertz CT molecular complexity index is 831. The van der Waals surface area contributed by atoms with E-state index in [-0.39, 0.29) is 23.7 Å². The molecule has 0 aromatic heterocycles. The predicted molar refractivity (Wildman–Crippen MR) is 112 cm³/mol. The molecule has 1 saturated heterocycles. The molecule has 1 N–H and O–H groups in total. The van der Waals surface area contributed by atoms with Gasteiger partial charge in [0, 0.05) is 13.1 Å². The molecule has 2 atom stereocenters. The third kappa shape index (κ3) is 4.99. The monoisotopic (exact) mass is 382 g/mol. The molecule has 0 bridgehead atoms. The van der Waals surface area contributed by atoms with Gasteiger partial charge in [0.2, 0.25) is 5.91 Å². The smallest absolute Gasteiger partial charge is 0.224 e. The van der Waals surface area contributed by atoms with E-state index in [0.717, 1.165) is 38.0 Å². The Morgan fingerprint density at radius 2 is 1.82 bits per heavy atom. The van der Waals surface area contributed by atoms with Crippen molar-refractivity contribution in [3.63, 3.8) is 0 Å². The van der Waals surface area contributed by atoms with Gasteiger partial charge in [-0.1, -0.05) is 24.3 Å². The van der Waals surface area contributed by atoms with Crippen molar-refractivity contribution in [1.29, 1.82) is 0 Å². The van der Waals surface area contributed by atoms with E-state index in [9.17, 15) is 9.18 Å². The predicted octanol–water partition coefficient (Wildman–Crippen LogP) is 4.84. The number of nitrogens with zero attached hydrogens (tertiary/aromatic N) is 1. The van der Waals surface area contributed by atoms with Crippen LogP contribution in [0.15, 0.2) is 36.4 Å². The third-order valence-electron chi connectivity index (χ3n) is 5.90. The maximum atomic E-state index is 13.1. The van der Waals surface area contributed by atoms with E-state index >= 15 is 0 Å². The van der Waals surface area contributed by atoms with Crippen LogP contribution in [0.5, 0.6) is 0 Å². The quantitative estimate of drug-likeness (QED) is 0.802. The first-order valence-corrected chi connectivity index (χ1v) is 10.2. The Morgan fingerprint density at radius 1 is 1.14 bits per heavy atom. The maximum Gasteiger partial charge on any atom is 0.224 e. The second-order valence-corrected chi connectivity index (χ2v) is 8.22. The fraction of sp³-hybridized carbons (Fsp3) is 0.458. The number of hydrogen-bond donors (Lipinski definition) is 1. The molecule has 150 valence electrons. The van der Waals surface area contributed by atoms with Crippen LogP contribution < -0.4 is 5.32 Å². The van der Waals surface area contributed by atoms with Crippen molar-refractivity contribution in [3.8, 4) is 0 Å². The molecule has 1 amide bonds. The standard InChI is InChI=1S/C24H31FN2O/c1-16-12-18(3)23(13-17(16)2)19(4)26-24(28)21-6-5-11-27(15-21)14-20-7-9-22(25)10-8-20/h7-10,12-13,19,21H,5-6,11,14-15H2,1-4H3,(H,26,28)/t19-,21-/m1/s1. The van der Waals surface area contributed by atoms with Crippen LogP contribution in [-0.4, -0.2) is 23.9 Å². The average Bonchev–Trinajstić information content (AvgIpc) is 2.66. The highest BCUT2D eigenvalue weighted by Crippen LogP contribution is 2.24. The normalized spacial score (nSPS) is 18.7. The number of benzene rings is 2. The zero-order valence-electron chi connectivity index (χ0n) is 17.4. The van der Waals surface area contributed by atoms with E-state index in [0.29, 0.717) is 0 Å². The lowest BCUT2D eigenvalue weighted by Gasteiger charge is -2.32. The highest BCUT2D eigenvalue weighted by Gasteiger charge is 2.27. The number of amides is 1. The van der Waals surface area contributed by atoms with Gasteiger partial charge in [0.1, 0.15) is 5.82 Å². The van der Waals surface area contributed by atoms with Crippen molar-refractivity contribution in [2.75, 3.05) is 13.1 Å². The van der Waals surface area contributed by atoms with Crippen LogP contribution in [0, 0.1) is 32.5 Å². The number of aryl methyl sites for hydroxylation is 3. The molecule has 4 heteroatoms. The molecular formula is C24H31FN2O. The molecule has 1 fully saturated rings. The van der Waals surface area contributed by atoms with Crippen molar-refractivity contribution in [1.82, 2.24) is 10.2 Å². The summed E-state index contributed by atoms with van der Waals surface area (Å²) in [6.07, 6.45) is 1.93. The summed E-state index contributed by atoms with van der Waals surface area (Å²) in [6.45, 7) is 10.9. The van der Waals surface area contributed by atoms with E-state index in [1.54, 1.807) is 0 Å². The topological polar surface area (TPSA) is 32.3 Å². The van der Waals surface area contributed by atoms with Crippen molar-refractivity contribution < 1.29 is 9.18 Å². The number of nitrogens with one attached hydrogen (secondary N) is 1. The van der Waals surface area contributed by atoms with Crippen LogP contribution in [0.2, 0.25) is 0 Å². The zero-order valence-corrected chi connectivity index (χ0v) is 17.4. The maximum absolute atomic E-state index is 13.1. The van der Waals surface area contributed by atoms with Crippen LogP contribution in [0.25, 0.3) is 0 Å². The van der Waals surface area contributed by atoms with Crippen LogP contribution in [-0.2, 0) is 11.3 Å². The number of carbonyl (C=O) groups excluding carboxylic acids is 1. The van der Waals surface area contributed by atoms with Gasteiger partial charge >= 0.3 is 0 Å². The molecule has 0 saturated carbocycles. The minimum Gasteiger partial charge on any atom is -0.349 e. The molecule has 3 nitrogen and oxygen atoms in total. The van der Waals surface area contributed by atoms with Gasteiger partial charge in [-0.05, 0) is 87.0 Å². The summed E-state index contributed by atoms with van der Waals surface area (Å²) < 4.78 is 13.1. The molecule has 1 aliphatic heterocycles. The van der Waals surface area contributed by atoms with E-state index in [1.165, 1.54) is 34.4 Å². The molecule has 2 aromatic carbocycles. The lowest BCUT2D eigenvalue weighted by molar-refractivity contribution is -0.127. The number of halogens is 1. The van der Waals surface area contributed by atoms with E-state index in [1.807, 2.05) is 12.1 Å². The second-order valence-electron chi connectivity index (χ2n) is 8.22. The summed E-state index contributed by atoms with van der Waals surface area (Å²) in [5.74, 6) is -0.0762. The summed E-state index contributed by atoms with van der Waals surface area (Å²) in [6, 6.07) is 11.0. The number of hydrogen-bond acceptors (Lipinski definition) is 2. The van der Waals surface area contributed by atoms with E-state index < -0.39 is 0 Å². The number of rotatable bonds is 5. The van der Waals surface area contributed by atoms with Crippen LogP contribution in [0.3, 0.4) is 0 Å². The molecular weight excluding hydrogens is 351 g/mol. The average molecular weight is 383 g/mol. The fourth-order valence-corrected chi connectivity index (χ4v) is 4.12. The van der Waals surface area contributed by atoms with Gasteiger partial charge in [0.25, 0.3) is 0 Å². The highest BCUT2D eigenvalue weighted by atomic mass is 19.1. The van der Waals surface area contributed by atoms with E-state index in [4.69, 9.17) is 0 Å². The molecule has 2 aromatic rings. The first-order chi connectivity index (χ1) is 13.3. The Balaban J connectivity index is 1.60. The molecule has 0 unspecified atom stereocenters. The number of piperidine rings is 1. The largest absolute Gasteiger partial charge is 0.349 e. The van der Waals surface area contributed by atoms with Gasteiger partial charge in [-0.25, -0.2) is 4.39 Å². The van der Waals surface area contributed by atoms with Gasteiger partial charge in [0.05, 0.1) is 12.0 Å². The van der Waals surface area contributed by atoms with Crippen molar-refractivity contribution in [3.05, 3.63) is 70.0 Å². The molecule has 0 aliphatic carbocycles. The Morgan fingerprint density at radius 3 is 2.54 bits per heavy atom. The van der Waals surface area contributed by atoms with Crippen molar-refractivity contribution >= 4 is 5.91 Å². The highest BCUT2D eigenvalue weighted by molar-refractivity contribution is 5.79. The molecule has 1 aliphatic rings. The summed E-state index contributed by atoms with van der Waals surface area (Å²) in [5, 5.41) is 3.23. The van der Waals surface area contributed by atoms with E-state index in [2.05, 4.69) is 50.0 Å². The summed E-state index contributed by atoms with van der Waals surface area (Å²) in [4.78, 5) is 15.2. The van der Waals surface area contributed by atoms with Crippen LogP contribution >= 0.6 is 0 Å². The van der Waals surface area contributed by atoms with Gasteiger partial charge in [-0.15, -0.1) is 0 Å². The minimum absolute atomic E-state index is 0.000671. The van der Waals surface area contributed by atoms with Gasteiger partial charge < -0.3 is 5.32 Å². The molecule has 0 spiro atoms. The zero-order chi connectivity index (χ0) is 20.3. The Hall–Kier alpha value is -2.20. The first-order valence-electron chi connectivity index (χ1n) is 10.2. The van der Waals surface area contributed by atoms with Gasteiger partial charge in [-0.3, -0.25) is 9.69 Å². The Kier molecular flexibility index (Phi) is 6.50. The Labute approximate surface area is 167 Å².